The van der Waals surface area contributed by atoms with E-state index >= 15 is 0 Å². The van der Waals surface area contributed by atoms with Crippen LogP contribution >= 0.6 is 0 Å². The lowest BCUT2D eigenvalue weighted by Gasteiger charge is -2.18. The molecular formula is C20H21F2NO5. The number of aryl methyl sites for hydroxylation is 1. The second-order valence-electron chi connectivity index (χ2n) is 6.02. The average Bonchev–Trinajstić information content (AvgIpc) is 2.62. The molecule has 0 saturated carbocycles. The quantitative estimate of drug-likeness (QED) is 0.688. The Morgan fingerprint density at radius 3 is 2.36 bits per heavy atom. The number of carbonyl (C=O) groups excluding carboxylic acids is 2. The Hall–Kier alpha value is -3.16. The van der Waals surface area contributed by atoms with Crippen molar-refractivity contribution in [3.05, 3.63) is 54.1 Å². The summed E-state index contributed by atoms with van der Waals surface area (Å²) in [6.45, 7) is 1.72. The minimum absolute atomic E-state index is 0.0414. The van der Waals surface area contributed by atoms with Gasteiger partial charge in [0, 0.05) is 0 Å². The van der Waals surface area contributed by atoms with Crippen LogP contribution in [0.2, 0.25) is 0 Å². The fourth-order valence-corrected chi connectivity index (χ4v) is 2.27. The van der Waals surface area contributed by atoms with Crippen LogP contribution in [0.4, 0.5) is 14.5 Å². The van der Waals surface area contributed by atoms with E-state index in [2.05, 4.69) is 10.1 Å². The summed E-state index contributed by atoms with van der Waals surface area (Å²) in [5.41, 5.74) is 1.01. The highest BCUT2D eigenvalue weighted by molar-refractivity contribution is 5.96. The fourth-order valence-electron chi connectivity index (χ4n) is 2.27. The molecule has 1 amide bonds. The van der Waals surface area contributed by atoms with Crippen molar-refractivity contribution in [3.63, 3.8) is 0 Å². The number of halogens is 2. The molecule has 2 atom stereocenters. The van der Waals surface area contributed by atoms with Gasteiger partial charge in [0.05, 0.1) is 5.69 Å². The van der Waals surface area contributed by atoms with E-state index in [9.17, 15) is 18.4 Å². The third-order valence-corrected chi connectivity index (χ3v) is 3.66. The number of alkyl halides is 2. The van der Waals surface area contributed by atoms with Crippen molar-refractivity contribution in [1.82, 2.24) is 0 Å². The van der Waals surface area contributed by atoms with E-state index in [1.807, 2.05) is 13.0 Å². The van der Waals surface area contributed by atoms with Gasteiger partial charge in [0.2, 0.25) is 0 Å². The molecule has 1 N–H and O–H groups in total. The second kappa shape index (κ2) is 9.68. The van der Waals surface area contributed by atoms with Gasteiger partial charge in [-0.15, -0.1) is 0 Å². The molecule has 6 nitrogen and oxygen atoms in total. The number of hydrogen-bond donors (Lipinski definition) is 1. The van der Waals surface area contributed by atoms with Crippen LogP contribution < -0.4 is 14.8 Å². The topological polar surface area (TPSA) is 73.9 Å². The van der Waals surface area contributed by atoms with E-state index in [0.717, 1.165) is 5.56 Å². The van der Waals surface area contributed by atoms with E-state index < -0.39 is 30.7 Å². The van der Waals surface area contributed by atoms with Gasteiger partial charge < -0.3 is 19.5 Å². The van der Waals surface area contributed by atoms with Crippen LogP contribution in [0.5, 0.6) is 11.5 Å². The van der Waals surface area contributed by atoms with Crippen LogP contribution in [0.3, 0.4) is 0 Å². The van der Waals surface area contributed by atoms with Crippen molar-refractivity contribution < 1.29 is 32.6 Å². The SMILES string of the molecule is Cc1cccc(O[C@@H](C)C(=O)O[C@@H](C)C(=O)Nc2ccccc2OC(F)F)c1. The average molecular weight is 393 g/mol. The molecule has 2 aromatic rings. The highest BCUT2D eigenvalue weighted by Crippen LogP contribution is 2.25. The van der Waals surface area contributed by atoms with Gasteiger partial charge in [0.25, 0.3) is 5.91 Å². The first-order chi connectivity index (χ1) is 13.3. The summed E-state index contributed by atoms with van der Waals surface area (Å²) >= 11 is 0. The fraction of sp³-hybridized carbons (Fsp3) is 0.300. The minimum Gasteiger partial charge on any atom is -0.479 e. The van der Waals surface area contributed by atoms with Gasteiger partial charge in [0.15, 0.2) is 12.2 Å². The number of rotatable bonds is 8. The smallest absolute Gasteiger partial charge is 0.387 e. The minimum atomic E-state index is -3.03. The van der Waals surface area contributed by atoms with Crippen molar-refractivity contribution in [2.75, 3.05) is 5.32 Å². The molecule has 0 aliphatic carbocycles. The Bertz CT molecular complexity index is 828. The summed E-state index contributed by atoms with van der Waals surface area (Å²) in [4.78, 5) is 24.4. The highest BCUT2D eigenvalue weighted by atomic mass is 19.3. The molecule has 150 valence electrons. The monoisotopic (exact) mass is 393 g/mol. The van der Waals surface area contributed by atoms with Crippen molar-refractivity contribution in [3.8, 4) is 11.5 Å². The molecule has 0 saturated heterocycles. The number of esters is 1. The first kappa shape index (κ1) is 21.1. The number of para-hydroxylation sites is 2. The van der Waals surface area contributed by atoms with Gasteiger partial charge >= 0.3 is 12.6 Å². The summed E-state index contributed by atoms with van der Waals surface area (Å²) in [6.07, 6.45) is -2.11. The summed E-state index contributed by atoms with van der Waals surface area (Å²) in [6, 6.07) is 12.9. The largest absolute Gasteiger partial charge is 0.479 e. The molecule has 28 heavy (non-hydrogen) atoms. The van der Waals surface area contributed by atoms with E-state index in [-0.39, 0.29) is 11.4 Å². The lowest BCUT2D eigenvalue weighted by Crippen LogP contribution is -2.35. The van der Waals surface area contributed by atoms with Crippen molar-refractivity contribution in [2.24, 2.45) is 0 Å². The van der Waals surface area contributed by atoms with Crippen molar-refractivity contribution in [1.29, 1.82) is 0 Å². The normalized spacial score (nSPS) is 12.8. The number of hydrogen-bond acceptors (Lipinski definition) is 5. The van der Waals surface area contributed by atoms with E-state index in [0.29, 0.717) is 5.75 Å². The number of carbonyl (C=O) groups is 2. The van der Waals surface area contributed by atoms with E-state index in [1.54, 1.807) is 24.3 Å². The molecule has 0 fully saturated rings. The van der Waals surface area contributed by atoms with Gasteiger partial charge in [-0.1, -0.05) is 24.3 Å². The number of anilines is 1. The lowest BCUT2D eigenvalue weighted by atomic mass is 10.2. The number of benzene rings is 2. The highest BCUT2D eigenvalue weighted by Gasteiger charge is 2.24. The van der Waals surface area contributed by atoms with Gasteiger partial charge in [-0.2, -0.15) is 8.78 Å². The molecule has 0 aliphatic rings. The molecule has 8 heteroatoms. The molecule has 2 rings (SSSR count). The maximum atomic E-state index is 12.4. The van der Waals surface area contributed by atoms with Gasteiger partial charge in [-0.3, -0.25) is 4.79 Å². The Labute approximate surface area is 161 Å². The second-order valence-corrected chi connectivity index (χ2v) is 6.02. The van der Waals surface area contributed by atoms with Gasteiger partial charge in [0.1, 0.15) is 11.5 Å². The molecule has 0 aromatic heterocycles. The Kier molecular flexibility index (Phi) is 7.31. The molecular weight excluding hydrogens is 372 g/mol. The zero-order valence-electron chi connectivity index (χ0n) is 15.6. The van der Waals surface area contributed by atoms with Crippen LogP contribution in [-0.4, -0.2) is 30.7 Å². The summed E-state index contributed by atoms with van der Waals surface area (Å²) < 4.78 is 39.8. The van der Waals surface area contributed by atoms with Crippen LogP contribution in [0.15, 0.2) is 48.5 Å². The predicted octanol–water partition coefficient (Wildman–Crippen LogP) is 3.93. The first-order valence-electron chi connectivity index (χ1n) is 8.54. The molecule has 0 radical (unpaired) electrons. The van der Waals surface area contributed by atoms with Gasteiger partial charge in [-0.25, -0.2) is 4.79 Å². The molecule has 0 spiro atoms. The molecule has 0 aliphatic heterocycles. The predicted molar refractivity (Wildman–Crippen MR) is 98.5 cm³/mol. The third kappa shape index (κ3) is 6.22. The molecule has 2 aromatic carbocycles. The maximum absolute atomic E-state index is 12.4. The van der Waals surface area contributed by atoms with Crippen LogP contribution in [-0.2, 0) is 14.3 Å². The lowest BCUT2D eigenvalue weighted by molar-refractivity contribution is -0.159. The Morgan fingerprint density at radius 1 is 0.964 bits per heavy atom. The van der Waals surface area contributed by atoms with E-state index in [4.69, 9.17) is 9.47 Å². The summed E-state index contributed by atoms with van der Waals surface area (Å²) in [5, 5.41) is 2.40. The Balaban J connectivity index is 1.93. The van der Waals surface area contributed by atoms with E-state index in [1.165, 1.54) is 32.0 Å². The summed E-state index contributed by atoms with van der Waals surface area (Å²) in [7, 11) is 0. The number of ether oxygens (including phenoxy) is 3. The van der Waals surface area contributed by atoms with Crippen molar-refractivity contribution in [2.45, 2.75) is 39.6 Å². The zero-order valence-corrected chi connectivity index (χ0v) is 15.6. The maximum Gasteiger partial charge on any atom is 0.387 e. The van der Waals surface area contributed by atoms with Gasteiger partial charge in [-0.05, 0) is 50.6 Å². The zero-order chi connectivity index (χ0) is 20.7. The van der Waals surface area contributed by atoms with Crippen LogP contribution in [0, 0.1) is 6.92 Å². The first-order valence-corrected chi connectivity index (χ1v) is 8.54. The van der Waals surface area contributed by atoms with Crippen molar-refractivity contribution >= 4 is 17.6 Å². The summed E-state index contributed by atoms with van der Waals surface area (Å²) in [5.74, 6) is -1.12. The number of amides is 1. The third-order valence-electron chi connectivity index (χ3n) is 3.66. The van der Waals surface area contributed by atoms with Crippen LogP contribution in [0.25, 0.3) is 0 Å². The van der Waals surface area contributed by atoms with Crippen LogP contribution in [0.1, 0.15) is 19.4 Å². The number of nitrogens with one attached hydrogen (secondary N) is 1. The molecule has 0 bridgehead atoms. The molecule has 0 unspecified atom stereocenters. The Morgan fingerprint density at radius 2 is 1.68 bits per heavy atom. The molecule has 0 heterocycles. The standard InChI is InChI=1S/C20H21F2NO5/c1-12-7-6-8-15(11-12)26-14(3)19(25)27-13(2)18(24)23-16-9-4-5-10-17(16)28-20(21)22/h4-11,13-14,20H,1-3H3,(H,23,24)/t13-,14-/m0/s1.